The summed E-state index contributed by atoms with van der Waals surface area (Å²) < 4.78 is 7.22. The minimum absolute atomic E-state index is 0.218. The van der Waals surface area contributed by atoms with E-state index in [1.807, 2.05) is 12.4 Å². The van der Waals surface area contributed by atoms with E-state index in [1.54, 1.807) is 7.11 Å². The number of hydrogen-bond acceptors (Lipinski definition) is 4. The zero-order valence-corrected chi connectivity index (χ0v) is 12.1. The molecule has 0 radical (unpaired) electrons. The minimum Gasteiger partial charge on any atom is -0.383 e. The first kappa shape index (κ1) is 15.0. The zero-order valence-electron chi connectivity index (χ0n) is 12.1. The largest absolute Gasteiger partial charge is 0.383 e. The predicted molar refractivity (Wildman–Crippen MR) is 76.0 cm³/mol. The van der Waals surface area contributed by atoms with Crippen LogP contribution in [0.5, 0.6) is 0 Å². The summed E-state index contributed by atoms with van der Waals surface area (Å²) in [6.45, 7) is 3.26. The number of likely N-dealkylation sites (tertiary alicyclic amines) is 1. The molecule has 1 atom stereocenters. The van der Waals surface area contributed by atoms with Crippen LogP contribution in [0.15, 0.2) is 12.4 Å². The van der Waals surface area contributed by atoms with Crippen LogP contribution in [0.3, 0.4) is 0 Å². The lowest BCUT2D eigenvalue weighted by Gasteiger charge is -2.34. The molecule has 1 amide bonds. The fourth-order valence-electron chi connectivity index (χ4n) is 2.80. The molecule has 6 nitrogen and oxygen atoms in total. The summed E-state index contributed by atoms with van der Waals surface area (Å²) in [4.78, 5) is 17.9. The number of imidazole rings is 1. The molecule has 0 aromatic carbocycles. The van der Waals surface area contributed by atoms with Crippen LogP contribution in [0.4, 0.5) is 0 Å². The average molecular weight is 280 g/mol. The third-order valence-electron chi connectivity index (χ3n) is 3.87. The number of nitrogens with two attached hydrogens (primary N) is 1. The highest BCUT2D eigenvalue weighted by Crippen LogP contribution is 2.21. The molecule has 1 aliphatic rings. The van der Waals surface area contributed by atoms with Gasteiger partial charge in [-0.1, -0.05) is 6.42 Å². The summed E-state index contributed by atoms with van der Waals surface area (Å²) in [5.41, 5.74) is 5.35. The van der Waals surface area contributed by atoms with E-state index in [2.05, 4.69) is 14.5 Å². The van der Waals surface area contributed by atoms with Gasteiger partial charge in [0.15, 0.2) is 0 Å². The Hall–Kier alpha value is -1.40. The molecule has 1 aromatic heterocycles. The molecular weight excluding hydrogens is 256 g/mol. The molecule has 0 bridgehead atoms. The first-order valence-corrected chi connectivity index (χ1v) is 7.22. The van der Waals surface area contributed by atoms with Gasteiger partial charge in [0.25, 0.3) is 0 Å². The molecule has 112 valence electrons. The van der Waals surface area contributed by atoms with Gasteiger partial charge in [0.05, 0.1) is 13.2 Å². The lowest BCUT2D eigenvalue weighted by atomic mass is 9.99. The van der Waals surface area contributed by atoms with Crippen LogP contribution >= 0.6 is 0 Å². The second-order valence-corrected chi connectivity index (χ2v) is 5.32. The monoisotopic (exact) mass is 280 g/mol. The molecule has 0 spiro atoms. The minimum atomic E-state index is -0.218. The number of aromatic nitrogens is 2. The molecule has 1 aliphatic heterocycles. The lowest BCUT2D eigenvalue weighted by Crippen LogP contribution is -2.41. The summed E-state index contributed by atoms with van der Waals surface area (Å²) in [7, 11) is 1.70. The Bertz CT molecular complexity index is 433. The van der Waals surface area contributed by atoms with Gasteiger partial charge in [-0.05, 0) is 19.4 Å². The van der Waals surface area contributed by atoms with Crippen LogP contribution in [0.25, 0.3) is 0 Å². The van der Waals surface area contributed by atoms with Crippen LogP contribution in [0.2, 0.25) is 0 Å². The summed E-state index contributed by atoms with van der Waals surface area (Å²) in [5, 5.41) is 0. The number of methoxy groups -OCH3 is 1. The van der Waals surface area contributed by atoms with Crippen LogP contribution in [-0.4, -0.2) is 46.7 Å². The van der Waals surface area contributed by atoms with Crippen molar-refractivity contribution in [1.29, 1.82) is 0 Å². The highest BCUT2D eigenvalue weighted by Gasteiger charge is 2.25. The number of rotatable bonds is 7. The number of primary amides is 1. The number of carbonyl (C=O) groups is 1. The van der Waals surface area contributed by atoms with Crippen molar-refractivity contribution in [2.75, 3.05) is 20.3 Å². The Kier molecular flexibility index (Phi) is 5.55. The van der Waals surface area contributed by atoms with Gasteiger partial charge in [0.2, 0.25) is 5.91 Å². The van der Waals surface area contributed by atoms with Crippen molar-refractivity contribution >= 4 is 5.91 Å². The van der Waals surface area contributed by atoms with E-state index < -0.39 is 0 Å². The van der Waals surface area contributed by atoms with Crippen molar-refractivity contribution in [3.63, 3.8) is 0 Å². The maximum atomic E-state index is 11.2. The van der Waals surface area contributed by atoms with E-state index in [9.17, 15) is 4.79 Å². The number of nitrogens with zero attached hydrogens (tertiary/aromatic N) is 3. The van der Waals surface area contributed by atoms with Crippen molar-refractivity contribution in [3.05, 3.63) is 18.2 Å². The number of ether oxygens (including phenoxy) is 1. The van der Waals surface area contributed by atoms with Crippen molar-refractivity contribution in [2.24, 2.45) is 5.73 Å². The third kappa shape index (κ3) is 4.05. The maximum absolute atomic E-state index is 11.2. The molecule has 2 rings (SSSR count). The Balaban J connectivity index is 1.99. The third-order valence-corrected chi connectivity index (χ3v) is 3.87. The maximum Gasteiger partial charge on any atom is 0.218 e. The Morgan fingerprint density at radius 1 is 1.55 bits per heavy atom. The fraction of sp³-hybridized carbons (Fsp3) is 0.714. The quantitative estimate of drug-likeness (QED) is 0.800. The van der Waals surface area contributed by atoms with E-state index in [1.165, 1.54) is 12.8 Å². The van der Waals surface area contributed by atoms with Crippen molar-refractivity contribution in [3.8, 4) is 0 Å². The normalized spacial score (nSPS) is 20.1. The van der Waals surface area contributed by atoms with E-state index in [4.69, 9.17) is 10.5 Å². The molecule has 0 unspecified atom stereocenters. The average Bonchev–Trinajstić information content (AvgIpc) is 2.85. The van der Waals surface area contributed by atoms with Gasteiger partial charge in [-0.2, -0.15) is 0 Å². The lowest BCUT2D eigenvalue weighted by molar-refractivity contribution is -0.119. The Morgan fingerprint density at radius 3 is 3.15 bits per heavy atom. The van der Waals surface area contributed by atoms with Crippen molar-refractivity contribution in [1.82, 2.24) is 14.5 Å². The van der Waals surface area contributed by atoms with E-state index in [0.29, 0.717) is 13.0 Å². The second kappa shape index (κ2) is 7.40. The second-order valence-electron chi connectivity index (χ2n) is 5.32. The van der Waals surface area contributed by atoms with E-state index in [-0.39, 0.29) is 11.9 Å². The first-order valence-electron chi connectivity index (χ1n) is 7.22. The van der Waals surface area contributed by atoms with Crippen LogP contribution in [0.1, 0.15) is 31.5 Å². The molecule has 20 heavy (non-hydrogen) atoms. The summed E-state index contributed by atoms with van der Waals surface area (Å²) in [6.07, 6.45) is 7.63. The van der Waals surface area contributed by atoms with Crippen LogP contribution < -0.4 is 5.73 Å². The number of piperidine rings is 1. The van der Waals surface area contributed by atoms with Gasteiger partial charge < -0.3 is 15.0 Å². The molecule has 2 heterocycles. The van der Waals surface area contributed by atoms with Gasteiger partial charge >= 0.3 is 0 Å². The van der Waals surface area contributed by atoms with Gasteiger partial charge in [-0.25, -0.2) is 4.98 Å². The molecule has 0 aliphatic carbocycles. The van der Waals surface area contributed by atoms with Gasteiger partial charge in [0, 0.05) is 38.5 Å². The fourth-order valence-corrected chi connectivity index (χ4v) is 2.80. The van der Waals surface area contributed by atoms with Gasteiger partial charge in [-0.3, -0.25) is 9.69 Å². The van der Waals surface area contributed by atoms with E-state index in [0.717, 1.165) is 31.9 Å². The Morgan fingerprint density at radius 2 is 2.40 bits per heavy atom. The van der Waals surface area contributed by atoms with Crippen LogP contribution in [-0.2, 0) is 22.6 Å². The molecule has 0 saturated carbocycles. The number of amides is 1. The molecule has 6 heteroatoms. The van der Waals surface area contributed by atoms with Crippen molar-refractivity contribution < 1.29 is 9.53 Å². The van der Waals surface area contributed by atoms with Crippen molar-refractivity contribution in [2.45, 2.75) is 44.8 Å². The number of carbonyl (C=O) groups excluding carboxylic acids is 1. The Labute approximate surface area is 119 Å². The topological polar surface area (TPSA) is 73.4 Å². The molecule has 1 fully saturated rings. The molecule has 2 N–H and O–H groups in total. The molecule has 1 saturated heterocycles. The SMILES string of the molecule is COCCn1ccnc1CN1CCCC[C@H]1CC(N)=O. The highest BCUT2D eigenvalue weighted by molar-refractivity contribution is 5.74. The van der Waals surface area contributed by atoms with E-state index >= 15 is 0 Å². The number of hydrogen-bond donors (Lipinski definition) is 1. The molecular formula is C14H24N4O2. The summed E-state index contributed by atoms with van der Waals surface area (Å²) in [6, 6.07) is 0.258. The predicted octanol–water partition coefficient (Wildman–Crippen LogP) is 0.759. The van der Waals surface area contributed by atoms with Gasteiger partial charge in [0.1, 0.15) is 5.82 Å². The summed E-state index contributed by atoms with van der Waals surface area (Å²) in [5.74, 6) is 0.808. The standard InChI is InChI=1S/C14H24N4O2/c1-20-9-8-17-7-5-16-14(17)11-18-6-3-2-4-12(18)10-13(15)19/h5,7,12H,2-4,6,8-11H2,1H3,(H2,15,19)/t12-/m0/s1. The highest BCUT2D eigenvalue weighted by atomic mass is 16.5. The smallest absolute Gasteiger partial charge is 0.218 e. The molecule has 1 aromatic rings. The summed E-state index contributed by atoms with van der Waals surface area (Å²) >= 11 is 0. The van der Waals surface area contributed by atoms with Gasteiger partial charge in [-0.15, -0.1) is 0 Å². The first-order chi connectivity index (χ1) is 9.70. The zero-order chi connectivity index (χ0) is 14.4. The van der Waals surface area contributed by atoms with Crippen LogP contribution in [0, 0.1) is 0 Å².